The average Bonchev–Trinajstić information content (AvgIpc) is 2.91. The van der Waals surface area contributed by atoms with Crippen LogP contribution in [0.25, 0.3) is 0 Å². The molecule has 1 spiro atoms. The zero-order valence-electron chi connectivity index (χ0n) is 13.9. The van der Waals surface area contributed by atoms with Crippen LogP contribution in [0.15, 0.2) is 18.2 Å². The number of fused-ring (bicyclic) bond motifs is 1. The van der Waals surface area contributed by atoms with E-state index in [2.05, 4.69) is 40.4 Å². The van der Waals surface area contributed by atoms with Crippen LogP contribution in [-0.2, 0) is 13.0 Å². The number of hydrogen-bond acceptors (Lipinski definition) is 3. The minimum absolute atomic E-state index is 0.493. The Labute approximate surface area is 134 Å². The van der Waals surface area contributed by atoms with Crippen molar-refractivity contribution in [1.29, 1.82) is 0 Å². The second-order valence-electron chi connectivity index (χ2n) is 7.49. The quantitative estimate of drug-likeness (QED) is 0.906. The molecule has 3 aliphatic rings. The zero-order valence-corrected chi connectivity index (χ0v) is 13.9. The molecular weight excluding hydrogens is 270 g/mol. The fraction of sp³-hybridized carbons (Fsp3) is 0.684. The molecule has 2 saturated heterocycles. The summed E-state index contributed by atoms with van der Waals surface area (Å²) in [5, 5.41) is 3.53. The molecule has 1 aromatic carbocycles. The van der Waals surface area contributed by atoms with E-state index in [1.165, 1.54) is 81.5 Å². The molecular formula is C19H29N3. The van der Waals surface area contributed by atoms with Gasteiger partial charge in [-0.3, -0.25) is 4.90 Å². The standard InChI is InChI=1S/C19H29N3/c1-21-12-2-4-17-6-5-16(14-18(17)21)15-22-13-3-7-19(22)8-10-20-11-9-19/h5-6,14,20H,2-4,7-13,15H2,1H3. The Balaban J connectivity index is 1.54. The van der Waals surface area contributed by atoms with Crippen molar-refractivity contribution in [1.82, 2.24) is 10.2 Å². The van der Waals surface area contributed by atoms with Gasteiger partial charge in [0.25, 0.3) is 0 Å². The third kappa shape index (κ3) is 2.55. The zero-order chi connectivity index (χ0) is 15.0. The molecule has 3 heterocycles. The summed E-state index contributed by atoms with van der Waals surface area (Å²) in [5.41, 5.74) is 5.01. The number of piperidine rings is 1. The van der Waals surface area contributed by atoms with E-state index in [9.17, 15) is 0 Å². The number of nitrogens with zero attached hydrogens (tertiary/aromatic N) is 2. The second kappa shape index (κ2) is 5.86. The lowest BCUT2D eigenvalue weighted by molar-refractivity contribution is 0.0928. The van der Waals surface area contributed by atoms with Gasteiger partial charge in [0.15, 0.2) is 0 Å². The first kappa shape index (κ1) is 14.5. The summed E-state index contributed by atoms with van der Waals surface area (Å²) in [5.74, 6) is 0. The Hall–Kier alpha value is -1.06. The van der Waals surface area contributed by atoms with Crippen molar-refractivity contribution in [3.05, 3.63) is 29.3 Å². The van der Waals surface area contributed by atoms with Crippen molar-refractivity contribution >= 4 is 5.69 Å². The van der Waals surface area contributed by atoms with Gasteiger partial charge in [0.05, 0.1) is 0 Å². The van der Waals surface area contributed by atoms with E-state index in [4.69, 9.17) is 0 Å². The highest BCUT2D eigenvalue weighted by molar-refractivity contribution is 5.56. The summed E-state index contributed by atoms with van der Waals surface area (Å²) >= 11 is 0. The molecule has 3 nitrogen and oxygen atoms in total. The predicted molar refractivity (Wildman–Crippen MR) is 92.5 cm³/mol. The molecule has 3 aliphatic heterocycles. The van der Waals surface area contributed by atoms with Crippen LogP contribution >= 0.6 is 0 Å². The minimum atomic E-state index is 0.493. The van der Waals surface area contributed by atoms with Crippen LogP contribution in [0.2, 0.25) is 0 Å². The maximum atomic E-state index is 3.53. The summed E-state index contributed by atoms with van der Waals surface area (Å²) < 4.78 is 0. The molecule has 0 radical (unpaired) electrons. The Kier molecular flexibility index (Phi) is 3.87. The van der Waals surface area contributed by atoms with Gasteiger partial charge in [0.1, 0.15) is 0 Å². The number of likely N-dealkylation sites (tertiary alicyclic amines) is 1. The molecule has 4 rings (SSSR count). The summed E-state index contributed by atoms with van der Waals surface area (Å²) in [4.78, 5) is 5.23. The first-order valence-corrected chi connectivity index (χ1v) is 9.06. The molecule has 0 amide bonds. The lowest BCUT2D eigenvalue weighted by Gasteiger charge is -2.42. The van der Waals surface area contributed by atoms with Crippen LogP contribution in [0.4, 0.5) is 5.69 Å². The fourth-order valence-electron chi connectivity index (χ4n) is 4.82. The SMILES string of the molecule is CN1CCCc2ccc(CN3CCCC34CCNCC4)cc21. The van der Waals surface area contributed by atoms with Gasteiger partial charge in [-0.05, 0) is 75.4 Å². The second-order valence-corrected chi connectivity index (χ2v) is 7.49. The summed E-state index contributed by atoms with van der Waals surface area (Å²) in [7, 11) is 2.24. The van der Waals surface area contributed by atoms with Crippen molar-refractivity contribution < 1.29 is 0 Å². The fourth-order valence-corrected chi connectivity index (χ4v) is 4.82. The van der Waals surface area contributed by atoms with E-state index in [0.717, 1.165) is 6.54 Å². The lowest BCUT2D eigenvalue weighted by atomic mass is 9.85. The molecule has 2 fully saturated rings. The molecule has 120 valence electrons. The molecule has 22 heavy (non-hydrogen) atoms. The van der Waals surface area contributed by atoms with Crippen LogP contribution in [0, 0.1) is 0 Å². The van der Waals surface area contributed by atoms with Gasteiger partial charge in [0, 0.05) is 31.4 Å². The predicted octanol–water partition coefficient (Wildman–Crippen LogP) is 2.79. The van der Waals surface area contributed by atoms with Crippen LogP contribution in [0.5, 0.6) is 0 Å². The van der Waals surface area contributed by atoms with Crippen molar-refractivity contribution in [2.75, 3.05) is 38.1 Å². The average molecular weight is 299 g/mol. The van der Waals surface area contributed by atoms with Crippen molar-refractivity contribution in [3.8, 4) is 0 Å². The van der Waals surface area contributed by atoms with E-state index >= 15 is 0 Å². The van der Waals surface area contributed by atoms with Crippen molar-refractivity contribution in [2.24, 2.45) is 0 Å². The maximum Gasteiger partial charge on any atom is 0.0399 e. The van der Waals surface area contributed by atoms with Gasteiger partial charge in [-0.1, -0.05) is 12.1 Å². The van der Waals surface area contributed by atoms with Gasteiger partial charge < -0.3 is 10.2 Å². The minimum Gasteiger partial charge on any atom is -0.374 e. The van der Waals surface area contributed by atoms with Crippen LogP contribution in [-0.4, -0.2) is 43.7 Å². The lowest BCUT2D eigenvalue weighted by Crippen LogP contribution is -2.50. The van der Waals surface area contributed by atoms with Crippen LogP contribution in [0.3, 0.4) is 0 Å². The first-order valence-electron chi connectivity index (χ1n) is 9.06. The summed E-state index contributed by atoms with van der Waals surface area (Å²) in [6.45, 7) is 6.02. The van der Waals surface area contributed by atoms with E-state index in [1.54, 1.807) is 0 Å². The molecule has 1 N–H and O–H groups in total. The van der Waals surface area contributed by atoms with E-state index in [0.29, 0.717) is 5.54 Å². The Morgan fingerprint density at radius 3 is 2.82 bits per heavy atom. The molecule has 0 unspecified atom stereocenters. The maximum absolute atomic E-state index is 3.53. The third-order valence-corrected chi connectivity index (χ3v) is 6.15. The number of aryl methyl sites for hydroxylation is 1. The van der Waals surface area contributed by atoms with E-state index in [1.807, 2.05) is 0 Å². The first-order chi connectivity index (χ1) is 10.8. The number of rotatable bonds is 2. The Bertz CT molecular complexity index is 533. The van der Waals surface area contributed by atoms with E-state index < -0.39 is 0 Å². The molecule has 0 saturated carbocycles. The summed E-state index contributed by atoms with van der Waals surface area (Å²) in [6, 6.07) is 7.22. The van der Waals surface area contributed by atoms with E-state index in [-0.39, 0.29) is 0 Å². The number of benzene rings is 1. The normalized spacial score (nSPS) is 24.7. The van der Waals surface area contributed by atoms with Crippen molar-refractivity contribution in [2.45, 2.75) is 50.6 Å². The Morgan fingerprint density at radius 1 is 1.09 bits per heavy atom. The van der Waals surface area contributed by atoms with Crippen LogP contribution < -0.4 is 10.2 Å². The molecule has 3 heteroatoms. The van der Waals surface area contributed by atoms with Gasteiger partial charge >= 0.3 is 0 Å². The highest BCUT2D eigenvalue weighted by Gasteiger charge is 2.41. The number of anilines is 1. The summed E-state index contributed by atoms with van der Waals surface area (Å²) in [6.07, 6.45) is 7.99. The third-order valence-electron chi connectivity index (χ3n) is 6.15. The monoisotopic (exact) mass is 299 g/mol. The number of nitrogens with one attached hydrogen (secondary N) is 1. The van der Waals surface area contributed by atoms with Gasteiger partial charge in [0.2, 0.25) is 0 Å². The highest BCUT2D eigenvalue weighted by atomic mass is 15.2. The van der Waals surface area contributed by atoms with Crippen LogP contribution in [0.1, 0.15) is 43.2 Å². The topological polar surface area (TPSA) is 18.5 Å². The number of hydrogen-bond donors (Lipinski definition) is 1. The van der Waals surface area contributed by atoms with Gasteiger partial charge in [-0.15, -0.1) is 0 Å². The Morgan fingerprint density at radius 2 is 1.95 bits per heavy atom. The molecule has 0 bridgehead atoms. The highest BCUT2D eigenvalue weighted by Crippen LogP contribution is 2.38. The molecule has 0 aromatic heterocycles. The molecule has 1 aromatic rings. The van der Waals surface area contributed by atoms with Crippen molar-refractivity contribution in [3.63, 3.8) is 0 Å². The molecule has 0 aliphatic carbocycles. The van der Waals surface area contributed by atoms with Gasteiger partial charge in [-0.25, -0.2) is 0 Å². The van der Waals surface area contributed by atoms with Gasteiger partial charge in [-0.2, -0.15) is 0 Å². The molecule has 0 atom stereocenters. The largest absolute Gasteiger partial charge is 0.374 e. The smallest absolute Gasteiger partial charge is 0.0399 e.